The van der Waals surface area contributed by atoms with Gasteiger partial charge in [-0.2, -0.15) is 9.19 Å². The topological polar surface area (TPSA) is 148 Å². The molecule has 4 aromatic rings. The van der Waals surface area contributed by atoms with Gasteiger partial charge >= 0.3 is 0 Å². The van der Waals surface area contributed by atoms with Gasteiger partial charge in [0.15, 0.2) is 5.82 Å². The van der Waals surface area contributed by atoms with E-state index in [4.69, 9.17) is 0 Å². The second-order valence-corrected chi connectivity index (χ2v) is 12.8. The zero-order valence-electron chi connectivity index (χ0n) is 21.1. The number of nitrogens with zero attached hydrogens (tertiary/aromatic N) is 6. The monoisotopic (exact) mass is 562 g/mol. The van der Waals surface area contributed by atoms with Gasteiger partial charge < -0.3 is 15.7 Å². The van der Waals surface area contributed by atoms with Crippen LogP contribution < -0.4 is 10.6 Å². The van der Waals surface area contributed by atoms with Gasteiger partial charge in [-0.3, -0.25) is 0 Å². The number of aryl methyl sites for hydroxylation is 1. The summed E-state index contributed by atoms with van der Waals surface area (Å²) < 4.78 is 26.0. The van der Waals surface area contributed by atoms with E-state index in [2.05, 4.69) is 47.5 Å². The Kier molecular flexibility index (Phi) is 6.76. The standard InChI is InChI=1S/C26H26N8O3S2/c1-16-30-20(15-38-16)3-2-17-12-28-25(11-23(17)31-19-4-5-21(35)10-19)32-24-8-9-27-26(33-24)18-13-29-34(14-18)39(36,37)22-6-7-22/h8-9,11-15,19,21-22,35H,4-7,10H2,1H3,(H2,27,28,31,32,33)/t19-,21-/m0/s1. The lowest BCUT2D eigenvalue weighted by Crippen LogP contribution is -2.17. The first-order valence-electron chi connectivity index (χ1n) is 12.6. The summed E-state index contributed by atoms with van der Waals surface area (Å²) in [5.74, 6) is 7.65. The maximum atomic E-state index is 12.5. The number of thiazole rings is 1. The fourth-order valence-corrected chi connectivity index (χ4v) is 6.40. The SMILES string of the molecule is Cc1nc(C#Cc2cnc(Nc3ccnc(-c4cnn(S(=O)(=O)C5CC5)c4)n3)cc2N[C@H]2CC[C@H](O)C2)cs1. The molecule has 0 radical (unpaired) electrons. The highest BCUT2D eigenvalue weighted by atomic mass is 32.2. The molecule has 0 aliphatic heterocycles. The predicted octanol–water partition coefficient (Wildman–Crippen LogP) is 3.31. The van der Waals surface area contributed by atoms with Crippen molar-refractivity contribution in [3.05, 3.63) is 58.6 Å². The largest absolute Gasteiger partial charge is 0.393 e. The molecule has 0 amide bonds. The fourth-order valence-electron chi connectivity index (χ4n) is 4.38. The number of rotatable bonds is 7. The van der Waals surface area contributed by atoms with E-state index in [1.165, 1.54) is 12.4 Å². The molecule has 2 atom stereocenters. The molecule has 39 heavy (non-hydrogen) atoms. The molecule has 2 fully saturated rings. The lowest BCUT2D eigenvalue weighted by atomic mass is 10.1. The fraction of sp³-hybridized carbons (Fsp3) is 0.346. The highest BCUT2D eigenvalue weighted by Crippen LogP contribution is 2.31. The molecule has 4 aromatic heterocycles. The van der Waals surface area contributed by atoms with Crippen LogP contribution in [-0.4, -0.2) is 60.0 Å². The third-order valence-electron chi connectivity index (χ3n) is 6.55. The zero-order chi connectivity index (χ0) is 27.0. The van der Waals surface area contributed by atoms with E-state index in [1.807, 2.05) is 18.4 Å². The molecule has 2 saturated carbocycles. The van der Waals surface area contributed by atoms with Crippen molar-refractivity contribution < 1.29 is 13.5 Å². The Morgan fingerprint density at radius 2 is 1.97 bits per heavy atom. The Morgan fingerprint density at radius 1 is 1.10 bits per heavy atom. The molecular weight excluding hydrogens is 536 g/mol. The van der Waals surface area contributed by atoms with Gasteiger partial charge in [-0.05, 0) is 51.0 Å². The van der Waals surface area contributed by atoms with E-state index >= 15 is 0 Å². The molecule has 0 bridgehead atoms. The van der Waals surface area contributed by atoms with Crippen LogP contribution in [-0.2, 0) is 10.0 Å². The minimum absolute atomic E-state index is 0.131. The molecule has 0 unspecified atom stereocenters. The molecule has 6 rings (SSSR count). The van der Waals surface area contributed by atoms with Gasteiger partial charge in [0.2, 0.25) is 0 Å². The molecule has 0 saturated heterocycles. The van der Waals surface area contributed by atoms with E-state index in [0.29, 0.717) is 48.0 Å². The van der Waals surface area contributed by atoms with E-state index < -0.39 is 10.0 Å². The highest BCUT2D eigenvalue weighted by molar-refractivity contribution is 7.90. The molecule has 0 aromatic carbocycles. The van der Waals surface area contributed by atoms with Crippen LogP contribution in [0.5, 0.6) is 0 Å². The summed E-state index contributed by atoms with van der Waals surface area (Å²) in [6.45, 7) is 1.94. The molecular formula is C26H26N8O3S2. The minimum atomic E-state index is -3.47. The molecule has 3 N–H and O–H groups in total. The Bertz CT molecular complexity index is 1680. The number of nitrogens with one attached hydrogen (secondary N) is 2. The van der Waals surface area contributed by atoms with Crippen molar-refractivity contribution in [2.24, 2.45) is 0 Å². The molecule has 4 heterocycles. The number of aliphatic hydroxyl groups is 1. The summed E-state index contributed by atoms with van der Waals surface area (Å²) in [7, 11) is -3.47. The summed E-state index contributed by atoms with van der Waals surface area (Å²) >= 11 is 1.55. The van der Waals surface area contributed by atoms with Crippen molar-refractivity contribution in [2.75, 3.05) is 10.6 Å². The van der Waals surface area contributed by atoms with Gasteiger partial charge in [-0.25, -0.2) is 28.4 Å². The first-order valence-corrected chi connectivity index (χ1v) is 15.0. The van der Waals surface area contributed by atoms with E-state index in [-0.39, 0.29) is 17.4 Å². The van der Waals surface area contributed by atoms with E-state index in [0.717, 1.165) is 33.2 Å². The van der Waals surface area contributed by atoms with Crippen LogP contribution in [0.1, 0.15) is 48.4 Å². The Hall–Kier alpha value is -3.86. The quantitative estimate of drug-likeness (QED) is 0.287. The lowest BCUT2D eigenvalue weighted by Gasteiger charge is -2.16. The average Bonchev–Trinajstić information content (AvgIpc) is 3.30. The molecule has 2 aliphatic rings. The first kappa shape index (κ1) is 25.4. The van der Waals surface area contributed by atoms with Crippen LogP contribution >= 0.6 is 11.3 Å². The van der Waals surface area contributed by atoms with Crippen LogP contribution in [0, 0.1) is 18.8 Å². The van der Waals surface area contributed by atoms with Crippen molar-refractivity contribution in [1.29, 1.82) is 0 Å². The maximum absolute atomic E-state index is 12.5. The van der Waals surface area contributed by atoms with Gasteiger partial charge in [-0.15, -0.1) is 11.3 Å². The molecule has 200 valence electrons. The van der Waals surface area contributed by atoms with Crippen molar-refractivity contribution in [2.45, 2.75) is 56.4 Å². The Balaban J connectivity index is 1.25. The third-order valence-corrected chi connectivity index (χ3v) is 9.36. The van der Waals surface area contributed by atoms with Crippen molar-refractivity contribution in [1.82, 2.24) is 29.1 Å². The van der Waals surface area contributed by atoms with E-state index in [9.17, 15) is 13.5 Å². The average molecular weight is 563 g/mol. The summed E-state index contributed by atoms with van der Waals surface area (Å²) in [5.41, 5.74) is 2.73. The maximum Gasteiger partial charge on any atom is 0.256 e. The Morgan fingerprint density at radius 3 is 2.72 bits per heavy atom. The number of pyridine rings is 1. The number of aromatic nitrogens is 6. The van der Waals surface area contributed by atoms with Crippen LogP contribution in [0.3, 0.4) is 0 Å². The molecule has 0 spiro atoms. The summed E-state index contributed by atoms with van der Waals surface area (Å²) in [6, 6.07) is 3.70. The van der Waals surface area contributed by atoms with Crippen molar-refractivity contribution in [3.63, 3.8) is 0 Å². The van der Waals surface area contributed by atoms with Crippen LogP contribution in [0.15, 0.2) is 42.3 Å². The lowest BCUT2D eigenvalue weighted by molar-refractivity contribution is 0.182. The normalized spacial score (nSPS) is 18.9. The van der Waals surface area contributed by atoms with Gasteiger partial charge in [0.1, 0.15) is 17.3 Å². The molecule has 11 nitrogen and oxygen atoms in total. The van der Waals surface area contributed by atoms with Crippen LogP contribution in [0.2, 0.25) is 0 Å². The van der Waals surface area contributed by atoms with Crippen LogP contribution in [0.4, 0.5) is 17.3 Å². The van der Waals surface area contributed by atoms with Gasteiger partial charge in [0, 0.05) is 29.9 Å². The first-order chi connectivity index (χ1) is 18.8. The number of hydrogen-bond acceptors (Lipinski definition) is 11. The number of hydrogen-bond donors (Lipinski definition) is 3. The van der Waals surface area contributed by atoms with Crippen molar-refractivity contribution >= 4 is 38.7 Å². The Labute approximate surface area is 229 Å². The second kappa shape index (κ2) is 10.4. The number of anilines is 3. The number of aliphatic hydroxyl groups excluding tert-OH is 1. The van der Waals surface area contributed by atoms with Crippen molar-refractivity contribution in [3.8, 4) is 23.2 Å². The third kappa shape index (κ3) is 5.78. The highest BCUT2D eigenvalue weighted by Gasteiger charge is 2.37. The predicted molar refractivity (Wildman–Crippen MR) is 148 cm³/mol. The van der Waals surface area contributed by atoms with Crippen LogP contribution in [0.25, 0.3) is 11.4 Å². The zero-order valence-corrected chi connectivity index (χ0v) is 22.7. The smallest absolute Gasteiger partial charge is 0.256 e. The molecule has 2 aliphatic carbocycles. The second-order valence-electron chi connectivity index (χ2n) is 9.66. The summed E-state index contributed by atoms with van der Waals surface area (Å²) in [5, 5.41) is 23.3. The summed E-state index contributed by atoms with van der Waals surface area (Å²) in [4.78, 5) is 17.8. The summed E-state index contributed by atoms with van der Waals surface area (Å²) in [6.07, 6.45) is 9.48. The molecule has 13 heteroatoms. The van der Waals surface area contributed by atoms with Gasteiger partial charge in [0.05, 0.1) is 45.6 Å². The van der Waals surface area contributed by atoms with E-state index in [1.54, 1.807) is 29.8 Å². The van der Waals surface area contributed by atoms with Gasteiger partial charge in [0.25, 0.3) is 10.0 Å². The van der Waals surface area contributed by atoms with Gasteiger partial charge in [-0.1, -0.05) is 5.92 Å². The minimum Gasteiger partial charge on any atom is -0.393 e.